The van der Waals surface area contributed by atoms with Gasteiger partial charge in [-0.2, -0.15) is 10.2 Å². The molecule has 0 fully saturated rings. The molecule has 1 amide bonds. The Balaban J connectivity index is 1.59. The van der Waals surface area contributed by atoms with Crippen molar-refractivity contribution in [2.75, 3.05) is 11.9 Å². The molecule has 0 bridgehead atoms. The Morgan fingerprint density at radius 3 is 2.59 bits per heavy atom. The quantitative estimate of drug-likeness (QED) is 0.456. The number of carbonyl (C=O) groups is 1. The van der Waals surface area contributed by atoms with Crippen LogP contribution in [0.15, 0.2) is 53.6 Å². The summed E-state index contributed by atoms with van der Waals surface area (Å²) in [5.41, 5.74) is 8.28. The van der Waals surface area contributed by atoms with Gasteiger partial charge in [0.15, 0.2) is 0 Å². The van der Waals surface area contributed by atoms with Gasteiger partial charge >= 0.3 is 0 Å². The second kappa shape index (κ2) is 9.39. The molecule has 0 saturated carbocycles. The molecule has 2 N–H and O–H groups in total. The summed E-state index contributed by atoms with van der Waals surface area (Å²) < 4.78 is 1.89. The maximum Gasteiger partial charge on any atom is 0.259 e. The van der Waals surface area contributed by atoms with Crippen LogP contribution in [0.4, 0.5) is 5.69 Å². The van der Waals surface area contributed by atoms with Crippen LogP contribution in [0, 0.1) is 20.8 Å². The van der Waals surface area contributed by atoms with Crippen LogP contribution in [0.1, 0.15) is 28.1 Å². The molecular formula is C22H24ClN5O. The lowest BCUT2D eigenvalue weighted by Crippen LogP contribution is -2.25. The summed E-state index contributed by atoms with van der Waals surface area (Å²) in [7, 11) is 0. The Labute approximate surface area is 175 Å². The fourth-order valence-electron chi connectivity index (χ4n) is 2.90. The van der Waals surface area contributed by atoms with Gasteiger partial charge < -0.3 is 5.32 Å². The van der Waals surface area contributed by atoms with E-state index in [1.807, 2.05) is 74.0 Å². The first-order chi connectivity index (χ1) is 13.9. The molecule has 3 rings (SSSR count). The molecule has 3 aromatic rings. The van der Waals surface area contributed by atoms with E-state index in [-0.39, 0.29) is 12.5 Å². The lowest BCUT2D eigenvalue weighted by atomic mass is 10.2. The summed E-state index contributed by atoms with van der Waals surface area (Å²) in [6.45, 7) is 6.63. The third kappa shape index (κ3) is 5.45. The van der Waals surface area contributed by atoms with E-state index in [2.05, 4.69) is 20.9 Å². The minimum absolute atomic E-state index is 0.143. The topological polar surface area (TPSA) is 71.3 Å². The molecule has 7 heteroatoms. The number of aryl methyl sites for hydroxylation is 2. The van der Waals surface area contributed by atoms with E-state index < -0.39 is 0 Å². The minimum atomic E-state index is -0.222. The molecule has 0 spiro atoms. The molecule has 150 valence electrons. The number of anilines is 1. The number of halogens is 1. The van der Waals surface area contributed by atoms with Gasteiger partial charge in [-0.15, -0.1) is 0 Å². The van der Waals surface area contributed by atoms with Crippen molar-refractivity contribution in [2.45, 2.75) is 27.3 Å². The minimum Gasteiger partial charge on any atom is -0.376 e. The van der Waals surface area contributed by atoms with Crippen LogP contribution in [0.25, 0.3) is 0 Å². The van der Waals surface area contributed by atoms with E-state index in [1.165, 1.54) is 5.56 Å². The van der Waals surface area contributed by atoms with Crippen LogP contribution < -0.4 is 10.7 Å². The monoisotopic (exact) mass is 409 g/mol. The first kappa shape index (κ1) is 20.6. The summed E-state index contributed by atoms with van der Waals surface area (Å²) in [5.74, 6) is -0.222. The summed E-state index contributed by atoms with van der Waals surface area (Å²) >= 11 is 6.25. The standard InChI is InChI=1S/C22H24ClN5O/c1-15-8-10-19(11-9-15)24-13-22(29)26-25-12-20-16(2)27-28(17(20)3)14-18-6-4-5-7-21(18)23/h4-12,24H,13-14H2,1-3H3,(H,26,29)/b25-12+. The maximum absolute atomic E-state index is 12.0. The van der Waals surface area contributed by atoms with Gasteiger partial charge in [0.25, 0.3) is 5.91 Å². The Morgan fingerprint density at radius 1 is 1.14 bits per heavy atom. The molecule has 0 aliphatic rings. The molecule has 0 aliphatic carbocycles. The predicted octanol–water partition coefficient (Wildman–Crippen LogP) is 4.07. The van der Waals surface area contributed by atoms with Crippen molar-refractivity contribution in [2.24, 2.45) is 5.10 Å². The Bertz CT molecular complexity index is 1020. The third-order valence-corrected chi connectivity index (χ3v) is 4.97. The van der Waals surface area contributed by atoms with E-state index in [0.717, 1.165) is 28.2 Å². The molecule has 0 radical (unpaired) electrons. The van der Waals surface area contributed by atoms with E-state index in [4.69, 9.17) is 11.6 Å². The first-order valence-corrected chi connectivity index (χ1v) is 9.71. The number of hydrazone groups is 1. The fourth-order valence-corrected chi connectivity index (χ4v) is 3.10. The van der Waals surface area contributed by atoms with E-state index in [0.29, 0.717) is 11.6 Å². The van der Waals surface area contributed by atoms with Crippen molar-refractivity contribution in [1.29, 1.82) is 0 Å². The Kier molecular flexibility index (Phi) is 6.67. The smallest absolute Gasteiger partial charge is 0.259 e. The molecule has 2 aromatic carbocycles. The van der Waals surface area contributed by atoms with Crippen LogP contribution >= 0.6 is 11.6 Å². The van der Waals surface area contributed by atoms with Crippen LogP contribution in [0.2, 0.25) is 5.02 Å². The summed E-state index contributed by atoms with van der Waals surface area (Å²) in [4.78, 5) is 12.0. The summed E-state index contributed by atoms with van der Waals surface area (Å²) in [6, 6.07) is 15.6. The number of amides is 1. The van der Waals surface area contributed by atoms with Gasteiger partial charge in [0.2, 0.25) is 0 Å². The lowest BCUT2D eigenvalue weighted by molar-refractivity contribution is -0.119. The van der Waals surface area contributed by atoms with Crippen molar-refractivity contribution in [3.05, 3.63) is 81.6 Å². The Hall–Kier alpha value is -3.12. The van der Waals surface area contributed by atoms with Crippen molar-refractivity contribution in [3.8, 4) is 0 Å². The zero-order chi connectivity index (χ0) is 20.8. The van der Waals surface area contributed by atoms with Crippen LogP contribution in [-0.2, 0) is 11.3 Å². The fraction of sp³-hybridized carbons (Fsp3) is 0.227. The molecular weight excluding hydrogens is 386 g/mol. The normalized spacial score (nSPS) is 11.0. The highest BCUT2D eigenvalue weighted by molar-refractivity contribution is 6.31. The zero-order valence-electron chi connectivity index (χ0n) is 16.7. The average molecular weight is 410 g/mol. The maximum atomic E-state index is 12.0. The molecule has 0 saturated heterocycles. The third-order valence-electron chi connectivity index (χ3n) is 4.60. The number of nitrogens with one attached hydrogen (secondary N) is 2. The summed E-state index contributed by atoms with van der Waals surface area (Å²) in [5, 5.41) is 12.4. The van der Waals surface area contributed by atoms with Crippen molar-refractivity contribution >= 4 is 29.4 Å². The number of hydrogen-bond donors (Lipinski definition) is 2. The molecule has 0 unspecified atom stereocenters. The number of carbonyl (C=O) groups excluding carboxylic acids is 1. The van der Waals surface area contributed by atoms with Crippen LogP contribution in [0.3, 0.4) is 0 Å². The summed E-state index contributed by atoms with van der Waals surface area (Å²) in [6.07, 6.45) is 1.63. The second-order valence-corrected chi connectivity index (χ2v) is 7.25. The van der Waals surface area contributed by atoms with Crippen molar-refractivity contribution in [3.63, 3.8) is 0 Å². The highest BCUT2D eigenvalue weighted by atomic mass is 35.5. The first-order valence-electron chi connectivity index (χ1n) is 9.34. The molecule has 0 aliphatic heterocycles. The lowest BCUT2D eigenvalue weighted by Gasteiger charge is -2.06. The SMILES string of the molecule is Cc1ccc(NCC(=O)N/N=C/c2c(C)nn(Cc3ccccc3Cl)c2C)cc1. The van der Waals surface area contributed by atoms with Gasteiger partial charge in [-0.05, 0) is 44.5 Å². The second-order valence-electron chi connectivity index (χ2n) is 6.85. The highest BCUT2D eigenvalue weighted by Gasteiger charge is 2.11. The highest BCUT2D eigenvalue weighted by Crippen LogP contribution is 2.18. The van der Waals surface area contributed by atoms with E-state index in [1.54, 1.807) is 6.21 Å². The molecule has 0 atom stereocenters. The number of rotatable bonds is 7. The Morgan fingerprint density at radius 2 is 1.86 bits per heavy atom. The van der Waals surface area contributed by atoms with Gasteiger partial charge in [-0.25, -0.2) is 5.43 Å². The van der Waals surface area contributed by atoms with Crippen molar-refractivity contribution < 1.29 is 4.79 Å². The number of benzene rings is 2. The number of aromatic nitrogens is 2. The van der Waals surface area contributed by atoms with Crippen molar-refractivity contribution in [1.82, 2.24) is 15.2 Å². The molecule has 1 heterocycles. The molecule has 1 aromatic heterocycles. The predicted molar refractivity (Wildman–Crippen MR) is 118 cm³/mol. The molecule has 6 nitrogen and oxygen atoms in total. The van der Waals surface area contributed by atoms with Crippen LogP contribution in [0.5, 0.6) is 0 Å². The number of hydrogen-bond acceptors (Lipinski definition) is 4. The van der Waals surface area contributed by atoms with Gasteiger partial charge in [-0.3, -0.25) is 9.48 Å². The molecule has 29 heavy (non-hydrogen) atoms. The largest absolute Gasteiger partial charge is 0.376 e. The average Bonchev–Trinajstić information content (AvgIpc) is 2.96. The van der Waals surface area contributed by atoms with Gasteiger partial charge in [0.05, 0.1) is 25.0 Å². The zero-order valence-corrected chi connectivity index (χ0v) is 17.5. The van der Waals surface area contributed by atoms with Gasteiger partial charge in [-0.1, -0.05) is 47.5 Å². The van der Waals surface area contributed by atoms with E-state index in [9.17, 15) is 4.79 Å². The van der Waals surface area contributed by atoms with Gasteiger partial charge in [0, 0.05) is 22.0 Å². The number of nitrogens with zero attached hydrogens (tertiary/aromatic N) is 3. The van der Waals surface area contributed by atoms with E-state index >= 15 is 0 Å². The van der Waals surface area contributed by atoms with Gasteiger partial charge in [0.1, 0.15) is 0 Å². The van der Waals surface area contributed by atoms with Crippen LogP contribution in [-0.4, -0.2) is 28.4 Å².